The van der Waals surface area contributed by atoms with Gasteiger partial charge in [-0.05, 0) is 46.0 Å². The molecule has 0 spiro atoms. The van der Waals surface area contributed by atoms with E-state index >= 15 is 0 Å². The van der Waals surface area contributed by atoms with Crippen LogP contribution in [0.4, 0.5) is 11.6 Å². The first-order chi connectivity index (χ1) is 15.8. The number of likely N-dealkylation sites (N-methyl/N-ethyl adjacent to an activating group) is 1. The van der Waals surface area contributed by atoms with Crippen LogP contribution in [0.25, 0.3) is 11.8 Å². The number of pyridine rings is 1. The minimum Gasteiger partial charge on any atom is -0.352 e. The van der Waals surface area contributed by atoms with Crippen LogP contribution in [-0.4, -0.2) is 52.9 Å². The van der Waals surface area contributed by atoms with Gasteiger partial charge in [0.25, 0.3) is 11.5 Å². The van der Waals surface area contributed by atoms with Crippen molar-refractivity contribution in [2.75, 3.05) is 37.3 Å². The molecule has 0 aliphatic heterocycles. The van der Waals surface area contributed by atoms with E-state index in [1.807, 2.05) is 24.9 Å². The summed E-state index contributed by atoms with van der Waals surface area (Å²) in [5, 5.41) is 17.8. The number of hydrogen-bond acceptors (Lipinski definition) is 8. The smallest absolute Gasteiger partial charge is 0.270 e. The molecule has 0 aliphatic carbocycles. The maximum absolute atomic E-state index is 12.8. The molecule has 2 aromatic heterocycles. The van der Waals surface area contributed by atoms with Gasteiger partial charge in [0.2, 0.25) is 5.91 Å². The Hall–Kier alpha value is -3.49. The van der Waals surface area contributed by atoms with Crippen LogP contribution in [0.3, 0.4) is 0 Å². The lowest BCUT2D eigenvalue weighted by Crippen LogP contribution is -2.34. The average Bonchev–Trinajstić information content (AvgIpc) is 3.08. The largest absolute Gasteiger partial charge is 0.352 e. The molecule has 3 N–H and O–H groups in total. The van der Waals surface area contributed by atoms with Gasteiger partial charge in [-0.3, -0.25) is 23.9 Å². The molecular weight excluding hydrogens is 442 g/mol. The van der Waals surface area contributed by atoms with Crippen LogP contribution in [0.5, 0.6) is 0 Å². The number of carbonyl (C=O) groups is 2. The molecule has 0 aromatic carbocycles. The van der Waals surface area contributed by atoms with Crippen molar-refractivity contribution < 1.29 is 9.59 Å². The van der Waals surface area contributed by atoms with Gasteiger partial charge in [-0.2, -0.15) is 5.26 Å². The Kier molecular flexibility index (Phi) is 9.78. The van der Waals surface area contributed by atoms with E-state index in [2.05, 4.69) is 20.9 Å². The standard InChI is InChI=1S/C22H29N7O3S/c1-5-11-28(4)14-19(30)27-18-10-8-9-17(26-18)25-13-16-21(32)29(7-3)22(33-16)15(12-23)20(31)24-6-2/h8-10,13H,5-7,11,14H2,1-4H3,(H,24,31)(H2,25,26,27,30)/b16-13+,22-15-. The van der Waals surface area contributed by atoms with E-state index in [9.17, 15) is 19.6 Å². The lowest BCUT2D eigenvalue weighted by Gasteiger charge is -2.14. The highest BCUT2D eigenvalue weighted by Crippen LogP contribution is 2.09. The van der Waals surface area contributed by atoms with Gasteiger partial charge in [0, 0.05) is 19.3 Å². The van der Waals surface area contributed by atoms with Crippen molar-refractivity contribution in [2.45, 2.75) is 33.7 Å². The number of aromatic nitrogens is 2. The zero-order valence-corrected chi connectivity index (χ0v) is 20.1. The van der Waals surface area contributed by atoms with E-state index in [-0.39, 0.29) is 23.6 Å². The molecule has 10 nitrogen and oxygen atoms in total. The second kappa shape index (κ2) is 12.5. The van der Waals surface area contributed by atoms with Crippen molar-refractivity contribution in [3.05, 3.63) is 37.7 Å². The molecule has 33 heavy (non-hydrogen) atoms. The quantitative estimate of drug-likeness (QED) is 0.453. The van der Waals surface area contributed by atoms with E-state index < -0.39 is 5.91 Å². The molecule has 0 aliphatic rings. The Morgan fingerprint density at radius 2 is 2.00 bits per heavy atom. The number of hydrogen-bond donors (Lipinski definition) is 3. The minimum absolute atomic E-state index is 0.101. The number of amides is 2. The molecule has 0 saturated heterocycles. The maximum Gasteiger partial charge on any atom is 0.270 e. The van der Waals surface area contributed by atoms with Crippen molar-refractivity contribution in [3.8, 4) is 6.07 Å². The first kappa shape index (κ1) is 25.8. The lowest BCUT2D eigenvalue weighted by atomic mass is 10.3. The molecule has 2 heterocycles. The van der Waals surface area contributed by atoms with Crippen LogP contribution in [0.1, 0.15) is 27.2 Å². The molecule has 0 saturated carbocycles. The van der Waals surface area contributed by atoms with Gasteiger partial charge >= 0.3 is 0 Å². The van der Waals surface area contributed by atoms with Crippen LogP contribution in [0.15, 0.2) is 23.0 Å². The van der Waals surface area contributed by atoms with Crippen molar-refractivity contribution in [1.82, 2.24) is 19.8 Å². The summed E-state index contributed by atoms with van der Waals surface area (Å²) in [6.07, 6.45) is 2.44. The number of nitriles is 1. The summed E-state index contributed by atoms with van der Waals surface area (Å²) in [7, 11) is 1.88. The molecule has 2 amide bonds. The Balaban J connectivity index is 2.30. The van der Waals surface area contributed by atoms with Crippen LogP contribution < -0.4 is 30.7 Å². The van der Waals surface area contributed by atoms with Crippen LogP contribution in [0.2, 0.25) is 0 Å². The van der Waals surface area contributed by atoms with Gasteiger partial charge in [-0.25, -0.2) is 4.98 Å². The van der Waals surface area contributed by atoms with E-state index in [1.165, 1.54) is 10.8 Å². The molecule has 2 aromatic rings. The second-order valence-electron chi connectivity index (χ2n) is 7.15. The average molecular weight is 472 g/mol. The van der Waals surface area contributed by atoms with Crippen LogP contribution >= 0.6 is 11.3 Å². The molecule has 2 rings (SSSR count). The molecule has 11 heteroatoms. The van der Waals surface area contributed by atoms with Gasteiger partial charge in [0.15, 0.2) is 5.57 Å². The molecule has 0 fully saturated rings. The Morgan fingerprint density at radius 3 is 2.64 bits per heavy atom. The van der Waals surface area contributed by atoms with E-state index in [1.54, 1.807) is 32.0 Å². The summed E-state index contributed by atoms with van der Waals surface area (Å²) in [5.74, 6) is 0.133. The third kappa shape index (κ3) is 7.00. The van der Waals surface area contributed by atoms with Gasteiger partial charge in [0.1, 0.15) is 26.9 Å². The third-order valence-corrected chi connectivity index (χ3v) is 5.63. The first-order valence-electron chi connectivity index (χ1n) is 10.7. The van der Waals surface area contributed by atoms with E-state index in [0.717, 1.165) is 24.3 Å². The SMILES string of the molecule is CCCN(C)CC(=O)Nc1cccc(N/C=c2/s/c(=C(/C#N)C(=O)NCC)n(CC)c2=O)n1. The van der Waals surface area contributed by atoms with Crippen LogP contribution in [0, 0.1) is 11.3 Å². The van der Waals surface area contributed by atoms with Crippen LogP contribution in [-0.2, 0) is 16.1 Å². The van der Waals surface area contributed by atoms with Gasteiger partial charge < -0.3 is 16.0 Å². The summed E-state index contributed by atoms with van der Waals surface area (Å²) in [6.45, 7) is 7.34. The third-order valence-electron chi connectivity index (χ3n) is 4.50. The number of thiazole rings is 1. The molecule has 176 valence electrons. The highest BCUT2D eigenvalue weighted by atomic mass is 32.1. The summed E-state index contributed by atoms with van der Waals surface area (Å²) >= 11 is 1.05. The van der Waals surface area contributed by atoms with E-state index in [4.69, 9.17) is 0 Å². The summed E-state index contributed by atoms with van der Waals surface area (Å²) in [6, 6.07) is 7.01. The number of nitrogens with one attached hydrogen (secondary N) is 3. The second-order valence-corrected chi connectivity index (χ2v) is 8.18. The highest BCUT2D eigenvalue weighted by molar-refractivity contribution is 7.07. The van der Waals surface area contributed by atoms with Gasteiger partial charge in [-0.15, -0.1) is 11.3 Å². The summed E-state index contributed by atoms with van der Waals surface area (Å²) < 4.78 is 2.01. The summed E-state index contributed by atoms with van der Waals surface area (Å²) in [5.41, 5.74) is -0.415. The van der Waals surface area contributed by atoms with Crippen molar-refractivity contribution >= 4 is 46.6 Å². The Labute approximate surface area is 196 Å². The van der Waals surface area contributed by atoms with Crippen molar-refractivity contribution in [3.63, 3.8) is 0 Å². The monoisotopic (exact) mass is 471 g/mol. The molecule has 0 bridgehead atoms. The number of rotatable bonds is 10. The fraction of sp³-hybridized carbons (Fsp3) is 0.409. The van der Waals surface area contributed by atoms with E-state index in [0.29, 0.717) is 33.9 Å². The number of carbonyl (C=O) groups excluding carboxylic acids is 2. The molecular formula is C22H29N7O3S. The maximum atomic E-state index is 12.8. The predicted molar refractivity (Wildman–Crippen MR) is 130 cm³/mol. The zero-order valence-electron chi connectivity index (χ0n) is 19.3. The summed E-state index contributed by atoms with van der Waals surface area (Å²) in [4.78, 5) is 43.4. The number of nitrogens with zero attached hydrogens (tertiary/aromatic N) is 4. The normalized spacial score (nSPS) is 12.3. The van der Waals surface area contributed by atoms with Crippen molar-refractivity contribution in [1.29, 1.82) is 5.26 Å². The Morgan fingerprint density at radius 1 is 1.27 bits per heavy atom. The molecule has 0 unspecified atom stereocenters. The Bertz CT molecular complexity index is 1210. The first-order valence-corrected chi connectivity index (χ1v) is 11.5. The topological polar surface area (TPSA) is 132 Å². The fourth-order valence-corrected chi connectivity index (χ4v) is 4.14. The lowest BCUT2D eigenvalue weighted by molar-refractivity contribution is -0.117. The van der Waals surface area contributed by atoms with Crippen molar-refractivity contribution in [2.24, 2.45) is 0 Å². The minimum atomic E-state index is -0.516. The van der Waals surface area contributed by atoms with Gasteiger partial charge in [0.05, 0.1) is 6.54 Å². The molecule has 0 radical (unpaired) electrons. The molecule has 0 atom stereocenters. The number of anilines is 2. The predicted octanol–water partition coefficient (Wildman–Crippen LogP) is 0.265. The fourth-order valence-electron chi connectivity index (χ4n) is 3.05. The zero-order chi connectivity index (χ0) is 24.4. The van der Waals surface area contributed by atoms with Gasteiger partial charge in [-0.1, -0.05) is 13.0 Å². The highest BCUT2D eigenvalue weighted by Gasteiger charge is 2.14.